The van der Waals surface area contributed by atoms with Crippen molar-refractivity contribution in [3.63, 3.8) is 0 Å². The molecule has 0 aliphatic carbocycles. The summed E-state index contributed by atoms with van der Waals surface area (Å²) in [5, 5.41) is 9.05. The fourth-order valence-corrected chi connectivity index (χ4v) is 4.81. The predicted molar refractivity (Wildman–Crippen MR) is 90.6 cm³/mol. The lowest BCUT2D eigenvalue weighted by Gasteiger charge is -2.19. The molecule has 1 heterocycles. The van der Waals surface area contributed by atoms with Crippen molar-refractivity contribution in [2.24, 2.45) is 5.92 Å². The summed E-state index contributed by atoms with van der Waals surface area (Å²) in [7, 11) is -6.39. The van der Waals surface area contributed by atoms with Crippen LogP contribution in [0.15, 0.2) is 23.1 Å². The highest BCUT2D eigenvalue weighted by Crippen LogP contribution is 2.32. The first-order valence-corrected chi connectivity index (χ1v) is 10.6. The highest BCUT2D eigenvalue weighted by molar-refractivity contribution is 7.93. The maximum absolute atomic E-state index is 12.9. The van der Waals surface area contributed by atoms with E-state index < -0.39 is 31.9 Å². The van der Waals surface area contributed by atoms with Gasteiger partial charge in [0.25, 0.3) is 0 Å². The summed E-state index contributed by atoms with van der Waals surface area (Å²) < 4.78 is 57.8. The summed E-state index contributed by atoms with van der Waals surface area (Å²) in [6.07, 6.45) is 0.209. The van der Waals surface area contributed by atoms with Gasteiger partial charge in [-0.25, -0.2) is 16.8 Å². The summed E-state index contributed by atoms with van der Waals surface area (Å²) in [5.41, 5.74) is -0.125. The number of hydrogen-bond acceptors (Lipinski definition) is 6. The SMILES string of the molecule is CCS(=O)(=O)Nc1cc(OC)ccc1S(=O)(=O)N1CCC(C(=O)O)C1. The van der Waals surface area contributed by atoms with E-state index in [1.807, 2.05) is 0 Å². The Morgan fingerprint density at radius 2 is 2.04 bits per heavy atom. The van der Waals surface area contributed by atoms with Crippen molar-refractivity contribution in [3.8, 4) is 5.75 Å². The van der Waals surface area contributed by atoms with Gasteiger partial charge < -0.3 is 9.84 Å². The Bertz CT molecular complexity index is 865. The van der Waals surface area contributed by atoms with Crippen LogP contribution >= 0.6 is 0 Å². The maximum Gasteiger partial charge on any atom is 0.307 e. The lowest BCUT2D eigenvalue weighted by Crippen LogP contribution is -2.31. The number of rotatable bonds is 7. The van der Waals surface area contributed by atoms with E-state index in [0.717, 1.165) is 4.31 Å². The van der Waals surface area contributed by atoms with Crippen LogP contribution < -0.4 is 9.46 Å². The third kappa shape index (κ3) is 4.22. The van der Waals surface area contributed by atoms with Crippen LogP contribution in [0.4, 0.5) is 5.69 Å². The monoisotopic (exact) mass is 392 g/mol. The smallest absolute Gasteiger partial charge is 0.307 e. The van der Waals surface area contributed by atoms with Crippen molar-refractivity contribution < 1.29 is 31.5 Å². The minimum Gasteiger partial charge on any atom is -0.497 e. The van der Waals surface area contributed by atoms with Crippen molar-refractivity contribution in [1.82, 2.24) is 4.31 Å². The van der Waals surface area contributed by atoms with E-state index in [9.17, 15) is 21.6 Å². The molecule has 9 nitrogen and oxygen atoms in total. The summed E-state index contributed by atoms with van der Waals surface area (Å²) in [5.74, 6) is -1.77. The maximum atomic E-state index is 12.9. The van der Waals surface area contributed by atoms with Gasteiger partial charge in [-0.1, -0.05) is 0 Å². The van der Waals surface area contributed by atoms with Gasteiger partial charge in [0.15, 0.2) is 0 Å². The molecule has 1 atom stereocenters. The van der Waals surface area contributed by atoms with E-state index in [0.29, 0.717) is 0 Å². The highest BCUT2D eigenvalue weighted by Gasteiger charge is 2.37. The van der Waals surface area contributed by atoms with Crippen molar-refractivity contribution >= 4 is 31.7 Å². The quantitative estimate of drug-likeness (QED) is 0.693. The standard InChI is InChI=1S/C14H20N2O7S2/c1-3-24(19,20)15-12-8-11(23-2)4-5-13(12)25(21,22)16-7-6-10(9-16)14(17)18/h4-5,8,10,15H,3,6-7,9H2,1-2H3,(H,17,18). The molecule has 2 rings (SSSR count). The van der Waals surface area contributed by atoms with E-state index in [2.05, 4.69) is 4.72 Å². The zero-order valence-electron chi connectivity index (χ0n) is 13.8. The topological polar surface area (TPSA) is 130 Å². The number of carboxylic acid groups (broad SMARTS) is 1. The number of nitrogens with one attached hydrogen (secondary N) is 1. The van der Waals surface area contributed by atoms with Crippen LogP contribution in [0.25, 0.3) is 0 Å². The Kier molecular flexibility index (Phi) is 5.59. The van der Waals surface area contributed by atoms with Gasteiger partial charge >= 0.3 is 5.97 Å². The molecule has 1 aromatic carbocycles. The number of anilines is 1. The largest absolute Gasteiger partial charge is 0.497 e. The first-order valence-electron chi connectivity index (χ1n) is 7.52. The second kappa shape index (κ2) is 7.18. The molecule has 0 aromatic heterocycles. The van der Waals surface area contributed by atoms with Crippen LogP contribution in [0.3, 0.4) is 0 Å². The fourth-order valence-electron chi connectivity index (χ4n) is 2.47. The Hall–Kier alpha value is -1.85. The number of hydrogen-bond donors (Lipinski definition) is 2. The Labute approximate surface area is 146 Å². The molecule has 1 saturated heterocycles. The zero-order chi connectivity index (χ0) is 18.8. The summed E-state index contributed by atoms with van der Waals surface area (Å²) >= 11 is 0. The summed E-state index contributed by atoms with van der Waals surface area (Å²) in [4.78, 5) is 10.8. The molecule has 0 radical (unpaired) electrons. The van der Waals surface area contributed by atoms with Crippen LogP contribution in [-0.2, 0) is 24.8 Å². The van der Waals surface area contributed by atoms with Crippen molar-refractivity contribution in [3.05, 3.63) is 18.2 Å². The molecule has 0 amide bonds. The number of nitrogens with zero attached hydrogens (tertiary/aromatic N) is 1. The van der Waals surface area contributed by atoms with Gasteiger partial charge in [-0.05, 0) is 25.5 Å². The first kappa shape index (κ1) is 19.5. The Morgan fingerprint density at radius 1 is 1.36 bits per heavy atom. The molecule has 1 aromatic rings. The van der Waals surface area contributed by atoms with E-state index >= 15 is 0 Å². The second-order valence-corrected chi connectivity index (χ2v) is 9.47. The third-order valence-corrected chi connectivity index (χ3v) is 7.16. The van der Waals surface area contributed by atoms with E-state index in [1.165, 1.54) is 32.2 Å². The average Bonchev–Trinajstić information content (AvgIpc) is 3.05. The van der Waals surface area contributed by atoms with Gasteiger partial charge in [0.05, 0.1) is 24.5 Å². The molecule has 1 aliphatic heterocycles. The number of aliphatic carboxylic acids is 1. The van der Waals surface area contributed by atoms with Crippen LogP contribution in [0.2, 0.25) is 0 Å². The predicted octanol–water partition coefficient (Wildman–Crippen LogP) is 0.552. The normalized spacial score (nSPS) is 18.9. The molecule has 0 bridgehead atoms. The Morgan fingerprint density at radius 3 is 2.56 bits per heavy atom. The van der Waals surface area contributed by atoms with E-state index in [4.69, 9.17) is 9.84 Å². The lowest BCUT2D eigenvalue weighted by molar-refractivity contribution is -0.141. The first-order chi connectivity index (χ1) is 11.6. The van der Waals surface area contributed by atoms with Gasteiger partial charge in [-0.15, -0.1) is 0 Å². The minimum absolute atomic E-state index is 0.0608. The molecule has 0 saturated carbocycles. The van der Waals surface area contributed by atoms with Crippen molar-refractivity contribution in [1.29, 1.82) is 0 Å². The molecule has 11 heteroatoms. The minimum atomic E-state index is -4.05. The number of benzene rings is 1. The van der Waals surface area contributed by atoms with Crippen molar-refractivity contribution in [2.75, 3.05) is 30.7 Å². The molecular weight excluding hydrogens is 372 g/mol. The molecule has 2 N–H and O–H groups in total. The van der Waals surface area contributed by atoms with Gasteiger partial charge in [0, 0.05) is 19.2 Å². The molecule has 25 heavy (non-hydrogen) atoms. The molecule has 1 fully saturated rings. The van der Waals surface area contributed by atoms with Crippen LogP contribution in [0.5, 0.6) is 5.75 Å². The summed E-state index contributed by atoms with van der Waals surface area (Å²) in [6.45, 7) is 1.34. The molecule has 0 spiro atoms. The lowest BCUT2D eigenvalue weighted by atomic mass is 10.1. The van der Waals surface area contributed by atoms with Crippen LogP contribution in [-0.4, -0.2) is 58.2 Å². The number of carbonyl (C=O) groups is 1. The molecule has 1 aliphatic rings. The van der Waals surface area contributed by atoms with E-state index in [-0.39, 0.29) is 41.6 Å². The fraction of sp³-hybridized carbons (Fsp3) is 0.500. The second-order valence-electron chi connectivity index (χ2n) is 5.55. The third-order valence-electron chi connectivity index (χ3n) is 3.95. The molecule has 1 unspecified atom stereocenters. The molecule has 140 valence electrons. The number of carboxylic acids is 1. The average molecular weight is 392 g/mol. The summed E-state index contributed by atoms with van der Waals surface area (Å²) in [6, 6.07) is 3.93. The number of sulfonamides is 2. The van der Waals surface area contributed by atoms with E-state index in [1.54, 1.807) is 0 Å². The number of ether oxygens (including phenoxy) is 1. The number of methoxy groups -OCH3 is 1. The molecular formula is C14H20N2O7S2. The Balaban J connectivity index is 2.45. The van der Waals surface area contributed by atoms with Gasteiger partial charge in [0.2, 0.25) is 20.0 Å². The highest BCUT2D eigenvalue weighted by atomic mass is 32.2. The van der Waals surface area contributed by atoms with Gasteiger partial charge in [-0.2, -0.15) is 4.31 Å². The van der Waals surface area contributed by atoms with Crippen molar-refractivity contribution in [2.45, 2.75) is 18.2 Å². The van der Waals surface area contributed by atoms with Gasteiger partial charge in [-0.3, -0.25) is 9.52 Å². The zero-order valence-corrected chi connectivity index (χ0v) is 15.4. The van der Waals surface area contributed by atoms with Gasteiger partial charge in [0.1, 0.15) is 10.6 Å². The van der Waals surface area contributed by atoms with Crippen LogP contribution in [0, 0.1) is 5.92 Å². The van der Waals surface area contributed by atoms with Crippen LogP contribution in [0.1, 0.15) is 13.3 Å².